The summed E-state index contributed by atoms with van der Waals surface area (Å²) in [5.41, 5.74) is 5.05. The van der Waals surface area contributed by atoms with Crippen LogP contribution < -0.4 is 11.1 Å². The first-order valence-electron chi connectivity index (χ1n) is 6.77. The minimum atomic E-state index is -0.937. The number of nitrogens with two attached hydrogens (primary N) is 1. The fourth-order valence-electron chi connectivity index (χ4n) is 1.92. The highest BCUT2D eigenvalue weighted by molar-refractivity contribution is 5.92. The van der Waals surface area contributed by atoms with Crippen LogP contribution in [0, 0.1) is 0 Å². The summed E-state index contributed by atoms with van der Waals surface area (Å²) in [5.74, 6) is -0.378. The maximum Gasteiger partial charge on any atom is 0.245 e. The van der Waals surface area contributed by atoms with E-state index in [1.165, 1.54) is 0 Å². The molecule has 6 nitrogen and oxygen atoms in total. The summed E-state index contributed by atoms with van der Waals surface area (Å²) < 4.78 is 5.32. The predicted molar refractivity (Wildman–Crippen MR) is 72.5 cm³/mol. The van der Waals surface area contributed by atoms with E-state index in [0.717, 1.165) is 0 Å². The van der Waals surface area contributed by atoms with Crippen molar-refractivity contribution >= 4 is 11.8 Å². The highest BCUT2D eigenvalue weighted by atomic mass is 16.5. The number of ether oxygens (including phenoxy) is 1. The van der Waals surface area contributed by atoms with Crippen molar-refractivity contribution in [2.24, 2.45) is 5.73 Å². The number of carbonyl (C=O) groups is 2. The number of hydrogen-bond acceptors (Lipinski definition) is 4. The van der Waals surface area contributed by atoms with Crippen molar-refractivity contribution in [2.75, 3.05) is 19.8 Å². The van der Waals surface area contributed by atoms with Gasteiger partial charge in [0, 0.05) is 12.6 Å². The van der Waals surface area contributed by atoms with Crippen molar-refractivity contribution in [3.63, 3.8) is 0 Å². The molecule has 1 heterocycles. The molecule has 2 amide bonds. The Morgan fingerprint density at radius 3 is 2.68 bits per heavy atom. The second-order valence-electron chi connectivity index (χ2n) is 5.52. The van der Waals surface area contributed by atoms with Gasteiger partial charge in [0.2, 0.25) is 11.8 Å². The largest absolute Gasteiger partial charge is 0.377 e. The van der Waals surface area contributed by atoms with Crippen molar-refractivity contribution in [3.05, 3.63) is 0 Å². The van der Waals surface area contributed by atoms with Gasteiger partial charge < -0.3 is 20.7 Å². The van der Waals surface area contributed by atoms with Gasteiger partial charge in [0.25, 0.3) is 0 Å². The minimum Gasteiger partial charge on any atom is -0.377 e. The zero-order valence-electron chi connectivity index (χ0n) is 12.2. The summed E-state index contributed by atoms with van der Waals surface area (Å²) in [7, 11) is 0. The summed E-state index contributed by atoms with van der Waals surface area (Å²) in [6.07, 6.45) is 0.529. The molecule has 3 N–H and O–H groups in total. The van der Waals surface area contributed by atoms with E-state index < -0.39 is 11.6 Å². The SMILES string of the molecule is CCC(C)(N)C(=O)N1CCOCC1C(=O)NC(C)C. The number of morpholine rings is 1. The summed E-state index contributed by atoms with van der Waals surface area (Å²) in [5, 5.41) is 2.81. The number of carbonyl (C=O) groups excluding carboxylic acids is 2. The van der Waals surface area contributed by atoms with Crippen molar-refractivity contribution in [3.8, 4) is 0 Å². The Kier molecular flexibility index (Phi) is 5.31. The van der Waals surface area contributed by atoms with Gasteiger partial charge in [0.1, 0.15) is 6.04 Å². The van der Waals surface area contributed by atoms with Crippen molar-refractivity contribution < 1.29 is 14.3 Å². The average molecular weight is 271 g/mol. The number of rotatable bonds is 4. The van der Waals surface area contributed by atoms with Gasteiger partial charge in [0.15, 0.2) is 0 Å². The van der Waals surface area contributed by atoms with Gasteiger partial charge in [-0.25, -0.2) is 0 Å². The minimum absolute atomic E-state index is 0.0295. The van der Waals surface area contributed by atoms with Crippen LogP contribution in [0.25, 0.3) is 0 Å². The molecule has 0 aromatic heterocycles. The van der Waals surface area contributed by atoms with Gasteiger partial charge in [-0.3, -0.25) is 9.59 Å². The molecule has 1 saturated heterocycles. The number of amides is 2. The maximum absolute atomic E-state index is 12.4. The average Bonchev–Trinajstić information content (AvgIpc) is 2.37. The standard InChI is InChI=1S/C13H25N3O3/c1-5-13(4,14)12(18)16-6-7-19-8-10(16)11(17)15-9(2)3/h9-10H,5-8,14H2,1-4H3,(H,15,17). The summed E-state index contributed by atoms with van der Waals surface area (Å²) in [4.78, 5) is 26.1. The van der Waals surface area contributed by atoms with Crippen LogP contribution in [0.2, 0.25) is 0 Å². The summed E-state index contributed by atoms with van der Waals surface area (Å²) >= 11 is 0. The fourth-order valence-corrected chi connectivity index (χ4v) is 1.92. The van der Waals surface area contributed by atoms with E-state index in [0.29, 0.717) is 19.6 Å². The Bertz CT molecular complexity index is 342. The quantitative estimate of drug-likeness (QED) is 0.745. The molecule has 1 rings (SSSR count). The first kappa shape index (κ1) is 15.9. The molecule has 0 radical (unpaired) electrons. The first-order valence-corrected chi connectivity index (χ1v) is 6.77. The van der Waals surface area contributed by atoms with Gasteiger partial charge in [-0.1, -0.05) is 6.92 Å². The molecule has 1 aliphatic rings. The molecule has 0 aromatic rings. The van der Waals surface area contributed by atoms with Crippen LogP contribution in [0.3, 0.4) is 0 Å². The molecule has 2 atom stereocenters. The highest BCUT2D eigenvalue weighted by Crippen LogP contribution is 2.16. The van der Waals surface area contributed by atoms with Crippen LogP contribution in [0.15, 0.2) is 0 Å². The maximum atomic E-state index is 12.4. The molecule has 2 unspecified atom stereocenters. The van der Waals surface area contributed by atoms with Crippen LogP contribution in [0.1, 0.15) is 34.1 Å². The highest BCUT2D eigenvalue weighted by Gasteiger charge is 2.39. The van der Waals surface area contributed by atoms with Crippen LogP contribution in [-0.4, -0.2) is 54.1 Å². The molecule has 0 bridgehead atoms. The Labute approximate surface area is 114 Å². The Morgan fingerprint density at radius 2 is 2.16 bits per heavy atom. The Morgan fingerprint density at radius 1 is 1.53 bits per heavy atom. The molecule has 0 saturated carbocycles. The van der Waals surface area contributed by atoms with Gasteiger partial charge in [-0.15, -0.1) is 0 Å². The third-order valence-corrected chi connectivity index (χ3v) is 3.35. The second kappa shape index (κ2) is 6.34. The third kappa shape index (κ3) is 3.91. The topological polar surface area (TPSA) is 84.7 Å². The molecule has 1 fully saturated rings. The summed E-state index contributed by atoms with van der Waals surface area (Å²) in [6.45, 7) is 8.40. The van der Waals surface area contributed by atoms with E-state index in [9.17, 15) is 9.59 Å². The van der Waals surface area contributed by atoms with E-state index in [4.69, 9.17) is 10.5 Å². The Hall–Kier alpha value is -1.14. The van der Waals surface area contributed by atoms with E-state index in [-0.39, 0.29) is 24.5 Å². The molecule has 1 aliphatic heterocycles. The first-order chi connectivity index (χ1) is 8.79. The lowest BCUT2D eigenvalue weighted by molar-refractivity contribution is -0.152. The third-order valence-electron chi connectivity index (χ3n) is 3.35. The van der Waals surface area contributed by atoms with Crippen LogP contribution in [0.5, 0.6) is 0 Å². The normalized spacial score (nSPS) is 23.1. The molecular weight excluding hydrogens is 246 g/mol. The molecule has 0 spiro atoms. The van der Waals surface area contributed by atoms with Crippen molar-refractivity contribution in [1.82, 2.24) is 10.2 Å². The van der Waals surface area contributed by atoms with Crippen LogP contribution in [-0.2, 0) is 14.3 Å². The molecular formula is C13H25N3O3. The second-order valence-corrected chi connectivity index (χ2v) is 5.52. The zero-order valence-corrected chi connectivity index (χ0v) is 12.2. The number of hydrogen-bond donors (Lipinski definition) is 2. The van der Waals surface area contributed by atoms with Gasteiger partial charge >= 0.3 is 0 Å². The lowest BCUT2D eigenvalue weighted by Crippen LogP contribution is -2.63. The van der Waals surface area contributed by atoms with Crippen molar-refractivity contribution in [1.29, 1.82) is 0 Å². The predicted octanol–water partition coefficient (Wildman–Crippen LogP) is -0.134. The molecule has 110 valence electrons. The monoisotopic (exact) mass is 271 g/mol. The van der Waals surface area contributed by atoms with Gasteiger partial charge in [0.05, 0.1) is 18.8 Å². The van der Waals surface area contributed by atoms with Crippen molar-refractivity contribution in [2.45, 2.75) is 51.7 Å². The Balaban J connectivity index is 2.83. The fraction of sp³-hybridized carbons (Fsp3) is 0.846. The number of nitrogens with one attached hydrogen (secondary N) is 1. The molecule has 6 heteroatoms. The van der Waals surface area contributed by atoms with Crippen LogP contribution >= 0.6 is 0 Å². The molecule has 19 heavy (non-hydrogen) atoms. The zero-order chi connectivity index (χ0) is 14.6. The van der Waals surface area contributed by atoms with Crippen LogP contribution in [0.4, 0.5) is 0 Å². The lowest BCUT2D eigenvalue weighted by Gasteiger charge is -2.39. The van der Waals surface area contributed by atoms with E-state index in [2.05, 4.69) is 5.32 Å². The van der Waals surface area contributed by atoms with E-state index >= 15 is 0 Å². The summed E-state index contributed by atoms with van der Waals surface area (Å²) in [6, 6.07) is -0.556. The smallest absolute Gasteiger partial charge is 0.245 e. The lowest BCUT2D eigenvalue weighted by atomic mass is 9.97. The molecule has 0 aliphatic carbocycles. The molecule has 0 aromatic carbocycles. The number of nitrogens with zero attached hydrogens (tertiary/aromatic N) is 1. The van der Waals surface area contributed by atoms with Gasteiger partial charge in [-0.2, -0.15) is 0 Å². The van der Waals surface area contributed by atoms with E-state index in [1.807, 2.05) is 20.8 Å². The van der Waals surface area contributed by atoms with E-state index in [1.54, 1.807) is 11.8 Å². The van der Waals surface area contributed by atoms with Gasteiger partial charge in [-0.05, 0) is 27.2 Å².